The second kappa shape index (κ2) is 9.81. The molecule has 0 bridgehead atoms. The molecule has 0 aliphatic carbocycles. The average molecular weight is 563 g/mol. The number of hydrogen-bond donors (Lipinski definition) is 1. The van der Waals surface area contributed by atoms with Crippen LogP contribution in [-0.4, -0.2) is 33.3 Å². The van der Waals surface area contributed by atoms with E-state index in [0.29, 0.717) is 49.4 Å². The molecule has 1 atom stereocenters. The van der Waals surface area contributed by atoms with Crippen LogP contribution in [0, 0.1) is 12.7 Å². The van der Waals surface area contributed by atoms with Gasteiger partial charge in [0.05, 0.1) is 5.52 Å². The molecule has 0 amide bonds. The quantitative estimate of drug-likeness (QED) is 0.209. The molecule has 2 heterocycles. The van der Waals surface area contributed by atoms with Crippen LogP contribution in [-0.2, 0) is 11.3 Å². The molecule has 2 aromatic heterocycles. The molecule has 202 valence electrons. The summed E-state index contributed by atoms with van der Waals surface area (Å²) < 4.78 is 69.9. The maximum Gasteiger partial charge on any atom is 0.573 e. The smallest absolute Gasteiger partial charge is 0.479 e. The zero-order valence-corrected chi connectivity index (χ0v) is 21.1. The number of fused-ring (bicyclic) bond motifs is 2. The third-order valence-corrected chi connectivity index (χ3v) is 6.42. The monoisotopic (exact) mass is 562 g/mol. The van der Waals surface area contributed by atoms with E-state index < -0.39 is 30.0 Å². The number of halogens is 5. The fraction of sp³-hybridized carbons (Fsp3) is 0.185. The van der Waals surface area contributed by atoms with Gasteiger partial charge in [-0.15, -0.1) is 13.2 Å². The zero-order valence-electron chi connectivity index (χ0n) is 20.3. The summed E-state index contributed by atoms with van der Waals surface area (Å²) in [6, 6.07) is 12.9. The minimum absolute atomic E-state index is 0.0809. The van der Waals surface area contributed by atoms with E-state index in [1.165, 1.54) is 37.3 Å². The minimum atomic E-state index is -4.89. The standard InChI is InChI=1S/C27H19ClF4N2O5/c1-13-24(25-19-6-4-16(28)10-22(19)39-33-25)18-7-5-17(38-27(30,31)32)11-21(18)34(13)12-15-3-8-20(29)23(9-15)37-14(2)26(35)36/h3-11,14H,12H2,1-2H3,(H,35,36)/t14-/m1/s1. The second-order valence-electron chi connectivity index (χ2n) is 8.81. The highest BCUT2D eigenvalue weighted by Gasteiger charge is 2.32. The van der Waals surface area contributed by atoms with Crippen LogP contribution in [0.1, 0.15) is 18.2 Å². The zero-order chi connectivity index (χ0) is 28.1. The molecular weight excluding hydrogens is 544 g/mol. The van der Waals surface area contributed by atoms with Crippen LogP contribution in [0.25, 0.3) is 33.1 Å². The lowest BCUT2D eigenvalue weighted by Crippen LogP contribution is -2.23. The number of alkyl halides is 3. The molecule has 3 aromatic carbocycles. The molecule has 5 aromatic rings. The first-order chi connectivity index (χ1) is 18.4. The largest absolute Gasteiger partial charge is 0.573 e. The van der Waals surface area contributed by atoms with Crippen molar-refractivity contribution in [1.82, 2.24) is 9.72 Å². The molecule has 0 saturated carbocycles. The normalized spacial score (nSPS) is 12.7. The van der Waals surface area contributed by atoms with Crippen LogP contribution in [0.5, 0.6) is 11.5 Å². The van der Waals surface area contributed by atoms with Gasteiger partial charge in [0.25, 0.3) is 0 Å². The van der Waals surface area contributed by atoms with Gasteiger partial charge in [0, 0.05) is 45.7 Å². The van der Waals surface area contributed by atoms with Crippen molar-refractivity contribution in [1.29, 1.82) is 0 Å². The summed E-state index contributed by atoms with van der Waals surface area (Å²) in [7, 11) is 0. The Bertz CT molecular complexity index is 1730. The van der Waals surface area contributed by atoms with Crippen LogP contribution in [0.4, 0.5) is 17.6 Å². The number of rotatable bonds is 7. The summed E-state index contributed by atoms with van der Waals surface area (Å²) in [6.07, 6.45) is -6.19. The number of benzene rings is 3. The van der Waals surface area contributed by atoms with Crippen LogP contribution in [0.3, 0.4) is 0 Å². The van der Waals surface area contributed by atoms with Crippen molar-refractivity contribution >= 4 is 39.4 Å². The van der Waals surface area contributed by atoms with E-state index in [9.17, 15) is 22.4 Å². The van der Waals surface area contributed by atoms with Crippen LogP contribution < -0.4 is 9.47 Å². The predicted octanol–water partition coefficient (Wildman–Crippen LogP) is 7.35. The summed E-state index contributed by atoms with van der Waals surface area (Å²) in [5.41, 5.74) is 3.04. The van der Waals surface area contributed by atoms with Crippen molar-refractivity contribution in [2.75, 3.05) is 0 Å². The molecule has 39 heavy (non-hydrogen) atoms. The molecule has 12 heteroatoms. The Hall–Kier alpha value is -4.25. The number of carboxylic acids is 1. The molecule has 1 N–H and O–H groups in total. The first-order valence-electron chi connectivity index (χ1n) is 11.5. The summed E-state index contributed by atoms with van der Waals surface area (Å²) in [4.78, 5) is 11.2. The van der Waals surface area contributed by atoms with E-state index in [2.05, 4.69) is 9.89 Å². The Labute approximate surface area is 223 Å². The summed E-state index contributed by atoms with van der Waals surface area (Å²) in [5, 5.41) is 15.0. The Morgan fingerprint density at radius 1 is 1.13 bits per heavy atom. The minimum Gasteiger partial charge on any atom is -0.479 e. The van der Waals surface area contributed by atoms with E-state index in [1.54, 1.807) is 29.7 Å². The molecule has 0 spiro atoms. The molecule has 0 radical (unpaired) electrons. The number of hydrogen-bond acceptors (Lipinski definition) is 5. The number of aromatic nitrogens is 2. The Morgan fingerprint density at radius 3 is 2.59 bits per heavy atom. The van der Waals surface area contributed by atoms with Crippen molar-refractivity contribution in [3.63, 3.8) is 0 Å². The van der Waals surface area contributed by atoms with E-state index in [0.717, 1.165) is 6.07 Å². The third-order valence-electron chi connectivity index (χ3n) is 6.19. The number of carboxylic acid groups (broad SMARTS) is 1. The summed E-state index contributed by atoms with van der Waals surface area (Å²) >= 11 is 6.07. The Morgan fingerprint density at radius 2 is 1.87 bits per heavy atom. The van der Waals surface area contributed by atoms with Gasteiger partial charge in [0.15, 0.2) is 23.3 Å². The number of nitrogens with zero attached hydrogens (tertiary/aromatic N) is 2. The molecular formula is C27H19ClF4N2O5. The van der Waals surface area contributed by atoms with Crippen molar-refractivity contribution in [2.24, 2.45) is 0 Å². The fourth-order valence-electron chi connectivity index (χ4n) is 4.41. The highest BCUT2D eigenvalue weighted by molar-refractivity contribution is 6.31. The molecule has 0 aliphatic heterocycles. The van der Waals surface area contributed by atoms with Crippen molar-refractivity contribution < 1.29 is 41.5 Å². The van der Waals surface area contributed by atoms with Crippen molar-refractivity contribution in [3.8, 4) is 22.8 Å². The van der Waals surface area contributed by atoms with E-state index in [-0.39, 0.29) is 12.3 Å². The van der Waals surface area contributed by atoms with Gasteiger partial charge in [-0.05, 0) is 55.8 Å². The number of carbonyl (C=O) groups is 1. The van der Waals surface area contributed by atoms with Crippen molar-refractivity contribution in [3.05, 3.63) is 76.7 Å². The van der Waals surface area contributed by atoms with Gasteiger partial charge in [-0.25, -0.2) is 9.18 Å². The van der Waals surface area contributed by atoms with Crippen molar-refractivity contribution in [2.45, 2.75) is 32.9 Å². The molecule has 5 rings (SSSR count). The molecule has 0 fully saturated rings. The van der Waals surface area contributed by atoms with Crippen LogP contribution >= 0.6 is 11.6 Å². The van der Waals surface area contributed by atoms with Gasteiger partial charge < -0.3 is 23.7 Å². The highest BCUT2D eigenvalue weighted by Crippen LogP contribution is 2.40. The van der Waals surface area contributed by atoms with E-state index >= 15 is 0 Å². The topological polar surface area (TPSA) is 86.7 Å². The highest BCUT2D eigenvalue weighted by atomic mass is 35.5. The number of ether oxygens (including phenoxy) is 2. The van der Waals surface area contributed by atoms with Crippen LogP contribution in [0.2, 0.25) is 5.02 Å². The first-order valence-corrected chi connectivity index (χ1v) is 11.9. The third kappa shape index (κ3) is 5.22. The first kappa shape index (κ1) is 26.4. The lowest BCUT2D eigenvalue weighted by atomic mass is 10.0. The van der Waals surface area contributed by atoms with Gasteiger partial charge in [0.1, 0.15) is 11.4 Å². The second-order valence-corrected chi connectivity index (χ2v) is 9.24. The fourth-order valence-corrected chi connectivity index (χ4v) is 4.57. The van der Waals surface area contributed by atoms with Gasteiger partial charge in [-0.1, -0.05) is 22.8 Å². The molecule has 7 nitrogen and oxygen atoms in total. The van der Waals surface area contributed by atoms with E-state index in [4.69, 9.17) is 26.0 Å². The van der Waals surface area contributed by atoms with Gasteiger partial charge in [-0.3, -0.25) is 0 Å². The van der Waals surface area contributed by atoms with Gasteiger partial charge in [-0.2, -0.15) is 0 Å². The lowest BCUT2D eigenvalue weighted by molar-refractivity contribution is -0.274. The predicted molar refractivity (Wildman–Crippen MR) is 135 cm³/mol. The Kier molecular flexibility index (Phi) is 6.63. The SMILES string of the molecule is Cc1c(-c2noc3cc(Cl)ccc23)c2ccc(OC(F)(F)F)cc2n1Cc1ccc(F)c(O[C@H](C)C(=O)O)c1. The van der Waals surface area contributed by atoms with E-state index in [1.807, 2.05) is 0 Å². The number of aliphatic carboxylic acids is 1. The molecule has 0 aliphatic rings. The maximum absolute atomic E-state index is 14.4. The summed E-state index contributed by atoms with van der Waals surface area (Å²) in [6.45, 7) is 3.11. The molecule has 0 unspecified atom stereocenters. The Balaban J connectivity index is 1.66. The van der Waals surface area contributed by atoms with Crippen LogP contribution in [0.15, 0.2) is 59.1 Å². The maximum atomic E-state index is 14.4. The van der Waals surface area contributed by atoms with Gasteiger partial charge in [0.2, 0.25) is 0 Å². The summed E-state index contributed by atoms with van der Waals surface area (Å²) in [5.74, 6) is -2.71. The molecule has 0 saturated heterocycles. The van der Waals surface area contributed by atoms with Gasteiger partial charge >= 0.3 is 12.3 Å². The average Bonchev–Trinajstić information content (AvgIpc) is 3.37. The lowest BCUT2D eigenvalue weighted by Gasteiger charge is -2.14.